The van der Waals surface area contributed by atoms with Crippen molar-refractivity contribution in [1.82, 2.24) is 0 Å². The first-order chi connectivity index (χ1) is 26.4. The van der Waals surface area contributed by atoms with Gasteiger partial charge in [-0.05, 0) is 95.9 Å². The van der Waals surface area contributed by atoms with Crippen LogP contribution in [0.25, 0.3) is 0 Å². The van der Waals surface area contributed by atoms with Gasteiger partial charge in [0, 0.05) is 39.3 Å². The molecule has 0 bridgehead atoms. The molecular formula is C49H39N5. The van der Waals surface area contributed by atoms with Crippen LogP contribution in [0.2, 0.25) is 0 Å². The normalized spacial score (nSPS) is 15.1. The SMILES string of the molecule is Cc1cccc2c1C(c1ccc(N(c3ccccc3)c3ccc(N4c5ccccc5C(C)(C)c5ccccc54)cc3)c(C#N)c1)N=C(c1ccccc1)N2. The van der Waals surface area contributed by atoms with Gasteiger partial charge in [-0.3, -0.25) is 4.99 Å². The third-order valence-corrected chi connectivity index (χ3v) is 10.9. The van der Waals surface area contributed by atoms with E-state index < -0.39 is 0 Å². The number of para-hydroxylation sites is 3. The molecule has 1 unspecified atom stereocenters. The van der Waals surface area contributed by atoms with Gasteiger partial charge in [-0.1, -0.05) is 117 Å². The molecule has 1 N–H and O–H groups in total. The smallest absolute Gasteiger partial charge is 0.133 e. The van der Waals surface area contributed by atoms with Gasteiger partial charge in [0.05, 0.1) is 22.6 Å². The van der Waals surface area contributed by atoms with E-state index in [4.69, 9.17) is 4.99 Å². The van der Waals surface area contributed by atoms with Crippen LogP contribution in [-0.2, 0) is 5.41 Å². The Labute approximate surface area is 317 Å². The van der Waals surface area contributed by atoms with Gasteiger partial charge in [0.1, 0.15) is 17.9 Å². The largest absolute Gasteiger partial charge is 0.340 e. The summed E-state index contributed by atoms with van der Waals surface area (Å²) in [6.45, 7) is 6.74. The standard InChI is InChI=1S/C49H39N5/c1-33-15-14-22-42-46(33)47(52-48(51-42)34-16-6-4-7-17-34)35-25-30-43(36(31-35)32-50)53(37-18-8-5-9-19-37)38-26-28-39(29-27-38)54-44-23-12-10-20-40(44)49(2,3)41-21-11-13-24-45(41)54/h4-31,47H,1-3H3,(H,51,52). The Morgan fingerprint density at radius 3 is 1.94 bits per heavy atom. The van der Waals surface area contributed by atoms with Crippen molar-refractivity contribution in [3.63, 3.8) is 0 Å². The predicted octanol–water partition coefficient (Wildman–Crippen LogP) is 12.4. The van der Waals surface area contributed by atoms with E-state index in [1.165, 1.54) is 22.5 Å². The molecule has 7 aromatic carbocycles. The van der Waals surface area contributed by atoms with Crippen molar-refractivity contribution in [2.75, 3.05) is 15.1 Å². The van der Waals surface area contributed by atoms with E-state index in [9.17, 15) is 5.26 Å². The molecule has 0 radical (unpaired) electrons. The summed E-state index contributed by atoms with van der Waals surface area (Å²) in [7, 11) is 0. The van der Waals surface area contributed by atoms with Crippen LogP contribution in [0, 0.1) is 18.3 Å². The van der Waals surface area contributed by atoms with Crippen LogP contribution in [0.5, 0.6) is 0 Å². The zero-order chi connectivity index (χ0) is 36.8. The lowest BCUT2D eigenvalue weighted by atomic mass is 9.73. The molecule has 0 fully saturated rings. The molecule has 0 saturated carbocycles. The summed E-state index contributed by atoms with van der Waals surface area (Å²) in [6, 6.07) is 61.4. The second-order valence-electron chi connectivity index (χ2n) is 14.5. The number of nitriles is 1. The van der Waals surface area contributed by atoms with Crippen molar-refractivity contribution in [3.05, 3.63) is 209 Å². The number of nitrogens with zero attached hydrogens (tertiary/aromatic N) is 4. The zero-order valence-electron chi connectivity index (χ0n) is 30.5. The molecule has 1 atom stereocenters. The molecule has 2 aliphatic rings. The maximum atomic E-state index is 10.8. The fourth-order valence-electron chi connectivity index (χ4n) is 8.20. The number of benzene rings is 7. The summed E-state index contributed by atoms with van der Waals surface area (Å²) < 4.78 is 0. The second kappa shape index (κ2) is 13.3. The average Bonchev–Trinajstić information content (AvgIpc) is 3.22. The minimum Gasteiger partial charge on any atom is -0.340 e. The fraction of sp³-hybridized carbons (Fsp3) is 0.102. The molecular weight excluding hydrogens is 659 g/mol. The van der Waals surface area contributed by atoms with E-state index in [0.717, 1.165) is 56.5 Å². The van der Waals surface area contributed by atoms with Crippen LogP contribution < -0.4 is 15.1 Å². The lowest BCUT2D eigenvalue weighted by molar-refractivity contribution is 0.632. The first-order valence-corrected chi connectivity index (χ1v) is 18.4. The molecule has 0 amide bonds. The van der Waals surface area contributed by atoms with E-state index >= 15 is 0 Å². The molecule has 0 aliphatic carbocycles. The number of anilines is 7. The molecule has 2 heterocycles. The molecule has 260 valence electrons. The number of nitrogens with one attached hydrogen (secondary N) is 1. The summed E-state index contributed by atoms with van der Waals surface area (Å²) in [5, 5.41) is 14.3. The van der Waals surface area contributed by atoms with Gasteiger partial charge in [0.25, 0.3) is 0 Å². The van der Waals surface area contributed by atoms with Crippen LogP contribution in [0.3, 0.4) is 0 Å². The molecule has 0 aromatic heterocycles. The number of hydrogen-bond donors (Lipinski definition) is 1. The Morgan fingerprint density at radius 1 is 0.667 bits per heavy atom. The highest BCUT2D eigenvalue weighted by Crippen LogP contribution is 2.52. The molecule has 5 heteroatoms. The Balaban J connectivity index is 1.14. The number of fused-ring (bicyclic) bond motifs is 3. The van der Waals surface area contributed by atoms with Crippen molar-refractivity contribution in [1.29, 1.82) is 5.26 Å². The minimum absolute atomic E-state index is 0.128. The lowest BCUT2D eigenvalue weighted by Gasteiger charge is -2.42. The van der Waals surface area contributed by atoms with Crippen LogP contribution in [0.15, 0.2) is 175 Å². The predicted molar refractivity (Wildman–Crippen MR) is 222 cm³/mol. The maximum absolute atomic E-state index is 10.8. The summed E-state index contributed by atoms with van der Waals surface area (Å²) in [5.41, 5.74) is 14.5. The van der Waals surface area contributed by atoms with Gasteiger partial charge in [-0.2, -0.15) is 5.26 Å². The third-order valence-electron chi connectivity index (χ3n) is 10.9. The number of aryl methyl sites for hydroxylation is 1. The summed E-state index contributed by atoms with van der Waals surface area (Å²) in [4.78, 5) is 9.80. The summed E-state index contributed by atoms with van der Waals surface area (Å²) in [6.07, 6.45) is 0. The Hall–Kier alpha value is -6.90. The van der Waals surface area contributed by atoms with Crippen molar-refractivity contribution < 1.29 is 0 Å². The van der Waals surface area contributed by atoms with E-state index in [2.05, 4.69) is 169 Å². The second-order valence-corrected chi connectivity index (χ2v) is 14.5. The lowest BCUT2D eigenvalue weighted by Crippen LogP contribution is -2.30. The van der Waals surface area contributed by atoms with Gasteiger partial charge in [-0.25, -0.2) is 0 Å². The average molecular weight is 698 g/mol. The van der Waals surface area contributed by atoms with Gasteiger partial charge in [0.15, 0.2) is 0 Å². The van der Waals surface area contributed by atoms with E-state index in [1.54, 1.807) is 0 Å². The monoisotopic (exact) mass is 697 g/mol. The first kappa shape index (κ1) is 33.0. The quantitative estimate of drug-likeness (QED) is 0.188. The van der Waals surface area contributed by atoms with Crippen LogP contribution in [-0.4, -0.2) is 5.84 Å². The highest BCUT2D eigenvalue weighted by atomic mass is 15.2. The molecule has 0 saturated heterocycles. The highest BCUT2D eigenvalue weighted by molar-refractivity contribution is 6.10. The number of amidine groups is 1. The van der Waals surface area contributed by atoms with Gasteiger partial charge >= 0.3 is 0 Å². The van der Waals surface area contributed by atoms with Crippen molar-refractivity contribution in [2.24, 2.45) is 4.99 Å². The number of rotatable bonds is 6. The molecule has 54 heavy (non-hydrogen) atoms. The topological polar surface area (TPSA) is 54.7 Å². The maximum Gasteiger partial charge on any atom is 0.133 e. The number of aliphatic imine (C=N–C) groups is 1. The molecule has 2 aliphatic heterocycles. The van der Waals surface area contributed by atoms with Crippen molar-refractivity contribution >= 4 is 45.6 Å². The Morgan fingerprint density at radius 2 is 1.28 bits per heavy atom. The Kier molecular flexibility index (Phi) is 8.09. The molecule has 5 nitrogen and oxygen atoms in total. The van der Waals surface area contributed by atoms with E-state index in [1.807, 2.05) is 42.5 Å². The first-order valence-electron chi connectivity index (χ1n) is 18.4. The fourth-order valence-corrected chi connectivity index (χ4v) is 8.20. The van der Waals surface area contributed by atoms with E-state index in [0.29, 0.717) is 5.56 Å². The zero-order valence-corrected chi connectivity index (χ0v) is 30.5. The number of hydrogen-bond acceptors (Lipinski definition) is 5. The minimum atomic E-state index is -0.274. The Bertz CT molecular complexity index is 2530. The van der Waals surface area contributed by atoms with Gasteiger partial charge in [-0.15, -0.1) is 0 Å². The summed E-state index contributed by atoms with van der Waals surface area (Å²) in [5.74, 6) is 0.815. The van der Waals surface area contributed by atoms with Gasteiger partial charge in [0.2, 0.25) is 0 Å². The van der Waals surface area contributed by atoms with Gasteiger partial charge < -0.3 is 15.1 Å². The third kappa shape index (κ3) is 5.52. The molecule has 0 spiro atoms. The summed E-state index contributed by atoms with van der Waals surface area (Å²) >= 11 is 0. The van der Waals surface area contributed by atoms with Crippen LogP contribution in [0.1, 0.15) is 58.8 Å². The van der Waals surface area contributed by atoms with Crippen LogP contribution >= 0.6 is 0 Å². The van der Waals surface area contributed by atoms with Crippen LogP contribution in [0.4, 0.5) is 39.8 Å². The molecule has 7 aromatic rings. The van der Waals surface area contributed by atoms with Crippen molar-refractivity contribution in [2.45, 2.75) is 32.2 Å². The molecule has 9 rings (SSSR count). The van der Waals surface area contributed by atoms with Crippen molar-refractivity contribution in [3.8, 4) is 6.07 Å². The van der Waals surface area contributed by atoms with E-state index in [-0.39, 0.29) is 11.5 Å². The highest BCUT2D eigenvalue weighted by Gasteiger charge is 2.36.